The van der Waals surface area contributed by atoms with Crippen molar-refractivity contribution < 1.29 is 9.53 Å². The maximum Gasteiger partial charge on any atom is 0.229 e. The van der Waals surface area contributed by atoms with E-state index in [1.165, 1.54) is 6.42 Å². The van der Waals surface area contributed by atoms with Gasteiger partial charge in [0.2, 0.25) is 5.91 Å². The van der Waals surface area contributed by atoms with Crippen LogP contribution < -0.4 is 5.32 Å². The summed E-state index contributed by atoms with van der Waals surface area (Å²) in [5, 5.41) is 3.42. The molecule has 2 saturated heterocycles. The summed E-state index contributed by atoms with van der Waals surface area (Å²) in [5.74, 6) is 0.320. The highest BCUT2D eigenvalue weighted by Crippen LogP contribution is 2.33. The number of nitrogens with one attached hydrogen (secondary N) is 1. The summed E-state index contributed by atoms with van der Waals surface area (Å²) in [5.41, 5.74) is -0.170. The molecule has 0 aromatic carbocycles. The van der Waals surface area contributed by atoms with Gasteiger partial charge in [0.1, 0.15) is 0 Å². The molecule has 0 saturated carbocycles. The number of hydrogen-bond donors (Lipinski definition) is 1. The molecule has 0 spiro atoms. The monoisotopic (exact) mass is 282 g/mol. The van der Waals surface area contributed by atoms with Gasteiger partial charge in [-0.2, -0.15) is 0 Å². The van der Waals surface area contributed by atoms with Crippen LogP contribution in [-0.4, -0.2) is 50.2 Å². The molecule has 116 valence electrons. The normalized spacial score (nSPS) is 31.0. The van der Waals surface area contributed by atoms with Crippen LogP contribution in [0.5, 0.6) is 0 Å². The topological polar surface area (TPSA) is 41.6 Å². The molecule has 2 atom stereocenters. The SMILES string of the molecule is CCCC1(C(=O)N(C)CC2CCCCO2)CCCNC1. The van der Waals surface area contributed by atoms with E-state index in [1.54, 1.807) is 0 Å². The van der Waals surface area contributed by atoms with E-state index in [-0.39, 0.29) is 11.5 Å². The molecule has 0 aromatic rings. The zero-order valence-electron chi connectivity index (χ0n) is 13.1. The maximum atomic E-state index is 12.9. The molecule has 20 heavy (non-hydrogen) atoms. The average molecular weight is 282 g/mol. The van der Waals surface area contributed by atoms with Crippen LogP contribution in [0.1, 0.15) is 51.9 Å². The number of rotatable bonds is 5. The van der Waals surface area contributed by atoms with Crippen LogP contribution in [0.3, 0.4) is 0 Å². The van der Waals surface area contributed by atoms with E-state index in [4.69, 9.17) is 4.74 Å². The van der Waals surface area contributed by atoms with Gasteiger partial charge >= 0.3 is 0 Å². The number of piperidine rings is 1. The molecule has 2 unspecified atom stereocenters. The van der Waals surface area contributed by atoms with Crippen molar-refractivity contribution in [1.29, 1.82) is 0 Å². The summed E-state index contributed by atoms with van der Waals surface area (Å²) < 4.78 is 5.77. The highest BCUT2D eigenvalue weighted by Gasteiger charge is 2.40. The smallest absolute Gasteiger partial charge is 0.229 e. The molecule has 2 aliphatic rings. The van der Waals surface area contributed by atoms with Gasteiger partial charge < -0.3 is 15.0 Å². The highest BCUT2D eigenvalue weighted by molar-refractivity contribution is 5.83. The van der Waals surface area contributed by atoms with Gasteiger partial charge in [0.15, 0.2) is 0 Å². The van der Waals surface area contributed by atoms with Crippen molar-refractivity contribution in [2.24, 2.45) is 5.41 Å². The van der Waals surface area contributed by atoms with E-state index in [2.05, 4.69) is 12.2 Å². The summed E-state index contributed by atoms with van der Waals surface area (Å²) >= 11 is 0. The quantitative estimate of drug-likeness (QED) is 0.840. The van der Waals surface area contributed by atoms with Crippen molar-refractivity contribution in [3.05, 3.63) is 0 Å². The molecule has 1 amide bonds. The molecule has 4 heteroatoms. The number of hydrogen-bond acceptors (Lipinski definition) is 3. The second-order valence-corrected chi connectivity index (χ2v) is 6.48. The van der Waals surface area contributed by atoms with E-state index in [0.29, 0.717) is 5.91 Å². The van der Waals surface area contributed by atoms with Crippen molar-refractivity contribution >= 4 is 5.91 Å². The minimum atomic E-state index is -0.170. The van der Waals surface area contributed by atoms with Gasteiger partial charge in [0.05, 0.1) is 11.5 Å². The van der Waals surface area contributed by atoms with Gasteiger partial charge in [-0.15, -0.1) is 0 Å². The van der Waals surface area contributed by atoms with Crippen LogP contribution in [0.2, 0.25) is 0 Å². The molecule has 0 radical (unpaired) electrons. The summed E-state index contributed by atoms with van der Waals surface area (Å²) in [4.78, 5) is 14.8. The van der Waals surface area contributed by atoms with E-state index in [9.17, 15) is 4.79 Å². The fourth-order valence-electron chi connectivity index (χ4n) is 3.69. The first-order valence-corrected chi connectivity index (χ1v) is 8.26. The molecular weight excluding hydrogens is 252 g/mol. The molecular formula is C16H30N2O2. The van der Waals surface area contributed by atoms with E-state index < -0.39 is 0 Å². The van der Waals surface area contributed by atoms with Crippen molar-refractivity contribution in [2.75, 3.05) is 33.3 Å². The lowest BCUT2D eigenvalue weighted by Gasteiger charge is -2.40. The van der Waals surface area contributed by atoms with Gasteiger partial charge in [0, 0.05) is 26.7 Å². The summed E-state index contributed by atoms with van der Waals surface area (Å²) in [6, 6.07) is 0. The lowest BCUT2D eigenvalue weighted by Crippen LogP contribution is -2.52. The van der Waals surface area contributed by atoms with Crippen molar-refractivity contribution in [1.82, 2.24) is 10.2 Å². The Kier molecular flexibility index (Phi) is 5.85. The Balaban J connectivity index is 1.95. The second kappa shape index (κ2) is 7.41. The number of nitrogens with zero attached hydrogens (tertiary/aromatic N) is 1. The molecule has 2 rings (SSSR count). The van der Waals surface area contributed by atoms with Crippen molar-refractivity contribution in [2.45, 2.75) is 58.0 Å². The van der Waals surface area contributed by atoms with E-state index >= 15 is 0 Å². The van der Waals surface area contributed by atoms with Crippen LogP contribution in [-0.2, 0) is 9.53 Å². The zero-order chi connectivity index (χ0) is 14.4. The van der Waals surface area contributed by atoms with Crippen LogP contribution in [0.4, 0.5) is 0 Å². The number of ether oxygens (including phenoxy) is 1. The van der Waals surface area contributed by atoms with Gasteiger partial charge in [-0.05, 0) is 45.1 Å². The Labute approximate surface area is 123 Å². The minimum Gasteiger partial charge on any atom is -0.376 e. The fourth-order valence-corrected chi connectivity index (χ4v) is 3.69. The van der Waals surface area contributed by atoms with Gasteiger partial charge in [0.25, 0.3) is 0 Å². The minimum absolute atomic E-state index is 0.170. The zero-order valence-corrected chi connectivity index (χ0v) is 13.1. The summed E-state index contributed by atoms with van der Waals surface area (Å²) in [6.45, 7) is 5.68. The number of amides is 1. The van der Waals surface area contributed by atoms with Crippen LogP contribution in [0.15, 0.2) is 0 Å². The summed E-state index contributed by atoms with van der Waals surface area (Å²) in [7, 11) is 1.95. The third-order valence-corrected chi connectivity index (χ3v) is 4.75. The number of carbonyl (C=O) groups excluding carboxylic acids is 1. The molecule has 0 bridgehead atoms. The van der Waals surface area contributed by atoms with Crippen LogP contribution in [0.25, 0.3) is 0 Å². The van der Waals surface area contributed by atoms with Crippen LogP contribution >= 0.6 is 0 Å². The van der Waals surface area contributed by atoms with E-state index in [1.807, 2.05) is 11.9 Å². The first kappa shape index (κ1) is 15.8. The van der Waals surface area contributed by atoms with Gasteiger partial charge in [-0.1, -0.05) is 13.3 Å². The van der Waals surface area contributed by atoms with Crippen LogP contribution in [0, 0.1) is 5.41 Å². The largest absolute Gasteiger partial charge is 0.376 e. The molecule has 1 N–H and O–H groups in total. The highest BCUT2D eigenvalue weighted by atomic mass is 16.5. The molecule has 2 aliphatic heterocycles. The fraction of sp³-hybridized carbons (Fsp3) is 0.938. The molecule has 0 aromatic heterocycles. The first-order valence-electron chi connectivity index (χ1n) is 8.26. The molecule has 0 aliphatic carbocycles. The Morgan fingerprint density at radius 3 is 2.85 bits per heavy atom. The summed E-state index contributed by atoms with van der Waals surface area (Å²) in [6.07, 6.45) is 7.94. The Bertz CT molecular complexity index is 302. The molecule has 2 heterocycles. The predicted octanol–water partition coefficient (Wildman–Crippen LogP) is 2.18. The van der Waals surface area contributed by atoms with Crippen molar-refractivity contribution in [3.8, 4) is 0 Å². The lowest BCUT2D eigenvalue weighted by molar-refractivity contribution is -0.144. The number of likely N-dealkylation sites (N-methyl/N-ethyl adjacent to an activating group) is 1. The number of carbonyl (C=O) groups is 1. The van der Waals surface area contributed by atoms with E-state index in [0.717, 1.165) is 64.8 Å². The maximum absolute atomic E-state index is 12.9. The lowest BCUT2D eigenvalue weighted by atomic mass is 9.75. The first-order chi connectivity index (χ1) is 9.68. The Morgan fingerprint density at radius 1 is 1.40 bits per heavy atom. The third-order valence-electron chi connectivity index (χ3n) is 4.75. The average Bonchev–Trinajstić information content (AvgIpc) is 2.48. The third kappa shape index (κ3) is 3.73. The van der Waals surface area contributed by atoms with Crippen molar-refractivity contribution in [3.63, 3.8) is 0 Å². The standard InChI is InChI=1S/C16H30N2O2/c1-3-8-16(9-6-10-17-13-16)15(19)18(2)12-14-7-4-5-11-20-14/h14,17H,3-13H2,1-2H3. The second-order valence-electron chi connectivity index (χ2n) is 6.48. The van der Waals surface area contributed by atoms with Gasteiger partial charge in [-0.3, -0.25) is 4.79 Å². The predicted molar refractivity (Wildman–Crippen MR) is 80.7 cm³/mol. The molecule has 4 nitrogen and oxygen atoms in total. The molecule has 2 fully saturated rings. The van der Waals surface area contributed by atoms with Gasteiger partial charge in [-0.25, -0.2) is 0 Å². The Hall–Kier alpha value is -0.610. The Morgan fingerprint density at radius 2 is 2.25 bits per heavy atom.